The summed E-state index contributed by atoms with van der Waals surface area (Å²) in [4.78, 5) is 16.3. The van der Waals surface area contributed by atoms with Crippen LogP contribution in [0.5, 0.6) is 0 Å². The molecule has 0 bridgehead atoms. The maximum atomic E-state index is 12.0. The van der Waals surface area contributed by atoms with Gasteiger partial charge in [-0.05, 0) is 38.8 Å². The number of aliphatic hydroxyl groups excluding tert-OH is 1. The Balaban J connectivity index is 2.75. The molecule has 0 saturated carbocycles. The highest BCUT2D eigenvalue weighted by molar-refractivity contribution is 5.95. The van der Waals surface area contributed by atoms with Crippen LogP contribution in [0.15, 0.2) is 12.1 Å². The van der Waals surface area contributed by atoms with Crippen LogP contribution in [0.3, 0.4) is 0 Å². The van der Waals surface area contributed by atoms with Crippen LogP contribution in [0.25, 0.3) is 0 Å². The van der Waals surface area contributed by atoms with Crippen molar-refractivity contribution < 1.29 is 9.90 Å². The van der Waals surface area contributed by atoms with Gasteiger partial charge in [0, 0.05) is 18.3 Å². The van der Waals surface area contributed by atoms with Crippen molar-refractivity contribution in [1.82, 2.24) is 10.3 Å². The van der Waals surface area contributed by atoms with Crippen LogP contribution in [-0.4, -0.2) is 28.6 Å². The van der Waals surface area contributed by atoms with Crippen LogP contribution in [-0.2, 0) is 0 Å². The Hall–Kier alpha value is -1.42. The van der Waals surface area contributed by atoms with Gasteiger partial charge in [-0.1, -0.05) is 6.92 Å². The first-order chi connectivity index (χ1) is 8.08. The summed E-state index contributed by atoms with van der Waals surface area (Å²) in [6, 6.07) is 3.64. The summed E-state index contributed by atoms with van der Waals surface area (Å²) in [7, 11) is 0. The van der Waals surface area contributed by atoms with E-state index in [1.165, 1.54) is 0 Å². The molecule has 17 heavy (non-hydrogen) atoms. The average molecular weight is 236 g/mol. The second kappa shape index (κ2) is 6.35. The first-order valence-corrected chi connectivity index (χ1v) is 5.94. The minimum absolute atomic E-state index is 0.0215. The number of aryl methyl sites for hydroxylation is 2. The van der Waals surface area contributed by atoms with Crippen molar-refractivity contribution in [3.8, 4) is 0 Å². The summed E-state index contributed by atoms with van der Waals surface area (Å²) >= 11 is 0. The van der Waals surface area contributed by atoms with Crippen molar-refractivity contribution in [2.45, 2.75) is 39.7 Å². The number of hydrogen-bond donors (Lipinski definition) is 2. The summed E-state index contributed by atoms with van der Waals surface area (Å²) in [6.07, 6.45) is 1.39. The first-order valence-electron chi connectivity index (χ1n) is 5.94. The van der Waals surface area contributed by atoms with Crippen molar-refractivity contribution in [2.75, 3.05) is 6.61 Å². The molecular weight excluding hydrogens is 216 g/mol. The van der Waals surface area contributed by atoms with Gasteiger partial charge in [0.05, 0.1) is 11.3 Å². The highest BCUT2D eigenvalue weighted by atomic mass is 16.3. The molecule has 1 amide bonds. The topological polar surface area (TPSA) is 62.2 Å². The van der Waals surface area contributed by atoms with E-state index in [0.717, 1.165) is 17.8 Å². The van der Waals surface area contributed by atoms with Crippen molar-refractivity contribution >= 4 is 5.91 Å². The maximum absolute atomic E-state index is 12.0. The zero-order chi connectivity index (χ0) is 12.8. The van der Waals surface area contributed by atoms with E-state index in [0.29, 0.717) is 12.0 Å². The van der Waals surface area contributed by atoms with Crippen LogP contribution in [0, 0.1) is 13.8 Å². The first kappa shape index (κ1) is 13.6. The number of rotatable bonds is 5. The number of amides is 1. The Morgan fingerprint density at radius 2 is 2.18 bits per heavy atom. The predicted octanol–water partition coefficient (Wildman–Crippen LogP) is 1.59. The molecule has 1 rings (SSSR count). The van der Waals surface area contributed by atoms with Gasteiger partial charge in [0.1, 0.15) is 0 Å². The summed E-state index contributed by atoms with van der Waals surface area (Å²) in [5.41, 5.74) is 2.25. The summed E-state index contributed by atoms with van der Waals surface area (Å²) in [5, 5.41) is 11.8. The predicted molar refractivity (Wildman–Crippen MR) is 67.0 cm³/mol. The standard InChI is InChI=1S/C13H20N2O2/c1-4-11(7-8-16)15-13(17)12-6-5-9(2)14-10(12)3/h5-6,11,16H,4,7-8H2,1-3H3,(H,15,17). The third-order valence-electron chi connectivity index (χ3n) is 2.78. The molecule has 0 radical (unpaired) electrons. The number of nitrogens with one attached hydrogen (secondary N) is 1. The van der Waals surface area contributed by atoms with E-state index in [1.54, 1.807) is 6.07 Å². The molecule has 0 fully saturated rings. The molecule has 1 heterocycles. The average Bonchev–Trinajstić information content (AvgIpc) is 2.28. The Bertz CT molecular complexity index is 391. The smallest absolute Gasteiger partial charge is 0.253 e. The van der Waals surface area contributed by atoms with Gasteiger partial charge in [0.25, 0.3) is 5.91 Å². The molecule has 0 aromatic carbocycles. The second-order valence-corrected chi connectivity index (χ2v) is 4.18. The minimum Gasteiger partial charge on any atom is -0.396 e. The van der Waals surface area contributed by atoms with Gasteiger partial charge < -0.3 is 10.4 Å². The lowest BCUT2D eigenvalue weighted by molar-refractivity contribution is 0.0928. The number of hydrogen-bond acceptors (Lipinski definition) is 3. The van der Waals surface area contributed by atoms with E-state index in [2.05, 4.69) is 10.3 Å². The van der Waals surface area contributed by atoms with E-state index in [1.807, 2.05) is 26.8 Å². The second-order valence-electron chi connectivity index (χ2n) is 4.18. The molecule has 1 unspecified atom stereocenters. The van der Waals surface area contributed by atoms with E-state index < -0.39 is 0 Å². The quantitative estimate of drug-likeness (QED) is 0.816. The molecule has 0 aliphatic heterocycles. The van der Waals surface area contributed by atoms with Crippen LogP contribution in [0.1, 0.15) is 41.5 Å². The van der Waals surface area contributed by atoms with E-state index in [9.17, 15) is 4.79 Å². The van der Waals surface area contributed by atoms with Crippen LogP contribution < -0.4 is 5.32 Å². The number of aliphatic hydroxyl groups is 1. The number of aromatic nitrogens is 1. The summed E-state index contributed by atoms with van der Waals surface area (Å²) in [6.45, 7) is 5.80. The van der Waals surface area contributed by atoms with Crippen LogP contribution >= 0.6 is 0 Å². The third kappa shape index (κ3) is 3.82. The van der Waals surface area contributed by atoms with Crippen molar-refractivity contribution in [2.24, 2.45) is 0 Å². The lowest BCUT2D eigenvalue weighted by atomic mass is 10.1. The molecule has 0 aliphatic carbocycles. The lowest BCUT2D eigenvalue weighted by Crippen LogP contribution is -2.35. The van der Waals surface area contributed by atoms with Gasteiger partial charge in [0.2, 0.25) is 0 Å². The SMILES string of the molecule is CCC(CCO)NC(=O)c1ccc(C)nc1C. The monoisotopic (exact) mass is 236 g/mol. The molecule has 4 heteroatoms. The molecule has 0 spiro atoms. The molecule has 1 aromatic heterocycles. The highest BCUT2D eigenvalue weighted by Gasteiger charge is 2.14. The fraction of sp³-hybridized carbons (Fsp3) is 0.538. The fourth-order valence-corrected chi connectivity index (χ4v) is 1.72. The van der Waals surface area contributed by atoms with Crippen LogP contribution in [0.4, 0.5) is 0 Å². The van der Waals surface area contributed by atoms with Crippen molar-refractivity contribution in [1.29, 1.82) is 0 Å². The summed E-state index contributed by atoms with van der Waals surface area (Å²) < 4.78 is 0. The van der Waals surface area contributed by atoms with Gasteiger partial charge in [-0.15, -0.1) is 0 Å². The number of carbonyl (C=O) groups is 1. The van der Waals surface area contributed by atoms with Gasteiger partial charge in [-0.25, -0.2) is 0 Å². The maximum Gasteiger partial charge on any atom is 0.253 e. The van der Waals surface area contributed by atoms with E-state index >= 15 is 0 Å². The lowest BCUT2D eigenvalue weighted by Gasteiger charge is -2.16. The molecule has 4 nitrogen and oxygen atoms in total. The molecule has 0 saturated heterocycles. The Kier molecular flexibility index (Phi) is 5.10. The Morgan fingerprint density at radius 1 is 1.47 bits per heavy atom. The largest absolute Gasteiger partial charge is 0.396 e. The minimum atomic E-state index is -0.115. The van der Waals surface area contributed by atoms with Crippen molar-refractivity contribution in [3.05, 3.63) is 29.1 Å². The van der Waals surface area contributed by atoms with Gasteiger partial charge in [-0.2, -0.15) is 0 Å². The fourth-order valence-electron chi connectivity index (χ4n) is 1.72. The van der Waals surface area contributed by atoms with E-state index in [4.69, 9.17) is 5.11 Å². The van der Waals surface area contributed by atoms with Crippen LogP contribution in [0.2, 0.25) is 0 Å². The molecule has 1 atom stereocenters. The Labute approximate surface area is 102 Å². The Morgan fingerprint density at radius 3 is 2.71 bits per heavy atom. The normalized spacial score (nSPS) is 12.2. The number of nitrogens with zero attached hydrogens (tertiary/aromatic N) is 1. The highest BCUT2D eigenvalue weighted by Crippen LogP contribution is 2.07. The zero-order valence-corrected chi connectivity index (χ0v) is 10.7. The zero-order valence-electron chi connectivity index (χ0n) is 10.7. The van der Waals surface area contributed by atoms with Crippen molar-refractivity contribution in [3.63, 3.8) is 0 Å². The molecule has 1 aromatic rings. The molecular formula is C13H20N2O2. The number of carbonyl (C=O) groups excluding carboxylic acids is 1. The van der Waals surface area contributed by atoms with E-state index in [-0.39, 0.29) is 18.6 Å². The van der Waals surface area contributed by atoms with Gasteiger partial charge >= 0.3 is 0 Å². The number of pyridine rings is 1. The molecule has 0 aliphatic rings. The van der Waals surface area contributed by atoms with Gasteiger partial charge in [0.15, 0.2) is 0 Å². The summed E-state index contributed by atoms with van der Waals surface area (Å²) in [5.74, 6) is -0.115. The molecule has 2 N–H and O–H groups in total. The van der Waals surface area contributed by atoms with Gasteiger partial charge in [-0.3, -0.25) is 9.78 Å². The third-order valence-corrected chi connectivity index (χ3v) is 2.78. The molecule has 94 valence electrons.